The van der Waals surface area contributed by atoms with Gasteiger partial charge in [0.25, 0.3) is 5.24 Å². The lowest BCUT2D eigenvalue weighted by Gasteiger charge is -2.39. The Hall–Kier alpha value is -4.92. The van der Waals surface area contributed by atoms with Crippen LogP contribution in [0.25, 0.3) is 22.2 Å². The predicted molar refractivity (Wildman–Crippen MR) is 200 cm³/mol. The van der Waals surface area contributed by atoms with Crippen molar-refractivity contribution in [2.45, 2.75) is 37.7 Å². The number of ether oxygens (including phenoxy) is 2. The first-order valence-corrected chi connectivity index (χ1v) is 18.1. The predicted octanol–water partition coefficient (Wildman–Crippen LogP) is 9.13. The molecule has 2 aliphatic heterocycles. The maximum atomic E-state index is 13.5. The van der Waals surface area contributed by atoms with Crippen LogP contribution in [0.2, 0.25) is 0 Å². The monoisotopic (exact) mass is 683 g/mol. The molecule has 8 heteroatoms. The molecule has 2 amide bonds. The molecule has 3 heterocycles. The summed E-state index contributed by atoms with van der Waals surface area (Å²) in [6.07, 6.45) is 3.65. The van der Waals surface area contributed by atoms with Crippen LogP contribution in [-0.4, -0.2) is 46.8 Å². The van der Waals surface area contributed by atoms with Gasteiger partial charge in [-0.1, -0.05) is 78.0 Å². The molecule has 0 saturated carbocycles. The van der Waals surface area contributed by atoms with Crippen LogP contribution in [0.5, 0.6) is 11.5 Å². The standard InChI is InChI=1S/C42H41N3O4S/c1-3-30(25-43-40(46)27-48-26-29-10-6-4-7-11-29)32-20-21-45-39(23-32)41(50-42(45)47)36-24-38(44-37-19-14-28(2)22-35(36)37)31-15-17-34(18-16-31)49-33-12-8-5-9-13-33/h3-19,22,24,30,32,39,41H,1,20-21,23,25-27H2,2H3,(H,43,46)/t30-,32-,39-,41-/m0/s1. The number of thioether (sulfide) groups is 1. The highest BCUT2D eigenvalue weighted by Crippen LogP contribution is 2.51. The minimum atomic E-state index is -0.138. The zero-order valence-electron chi connectivity index (χ0n) is 28.2. The highest BCUT2D eigenvalue weighted by atomic mass is 32.2. The van der Waals surface area contributed by atoms with Crippen molar-refractivity contribution in [3.63, 3.8) is 0 Å². The van der Waals surface area contributed by atoms with Gasteiger partial charge in [-0.05, 0) is 97.3 Å². The van der Waals surface area contributed by atoms with Gasteiger partial charge in [0.05, 0.1) is 23.1 Å². The van der Waals surface area contributed by atoms with E-state index in [-0.39, 0.29) is 40.9 Å². The number of aromatic nitrogens is 1. The van der Waals surface area contributed by atoms with Crippen molar-refractivity contribution in [2.75, 3.05) is 19.7 Å². The highest BCUT2D eigenvalue weighted by molar-refractivity contribution is 8.14. The van der Waals surface area contributed by atoms with E-state index in [0.29, 0.717) is 19.7 Å². The summed E-state index contributed by atoms with van der Waals surface area (Å²) < 4.78 is 11.7. The van der Waals surface area contributed by atoms with Crippen LogP contribution in [0.15, 0.2) is 122 Å². The summed E-state index contributed by atoms with van der Waals surface area (Å²) in [6, 6.07) is 36.1. The van der Waals surface area contributed by atoms with E-state index in [4.69, 9.17) is 14.5 Å². The molecule has 0 bridgehead atoms. The Morgan fingerprint density at radius 2 is 1.74 bits per heavy atom. The normalized spacial score (nSPS) is 19.2. The molecule has 2 saturated heterocycles. The minimum absolute atomic E-state index is 0.00663. The maximum Gasteiger partial charge on any atom is 0.282 e. The number of aryl methyl sites for hydroxylation is 1. The van der Waals surface area contributed by atoms with Crippen molar-refractivity contribution >= 4 is 33.8 Å². The van der Waals surface area contributed by atoms with Crippen LogP contribution < -0.4 is 10.1 Å². The summed E-state index contributed by atoms with van der Waals surface area (Å²) in [5.41, 5.74) is 6.07. The number of carbonyl (C=O) groups excluding carboxylic acids is 2. The molecule has 1 aromatic heterocycles. The van der Waals surface area contributed by atoms with E-state index in [2.05, 4.69) is 48.0 Å². The smallest absolute Gasteiger partial charge is 0.282 e. The van der Waals surface area contributed by atoms with Gasteiger partial charge in [0.2, 0.25) is 5.91 Å². The van der Waals surface area contributed by atoms with E-state index in [1.165, 1.54) is 11.8 Å². The Labute approximate surface area is 297 Å². The summed E-state index contributed by atoms with van der Waals surface area (Å²) in [5, 5.41) is 4.21. The summed E-state index contributed by atoms with van der Waals surface area (Å²) in [6.45, 7) is 7.81. The second kappa shape index (κ2) is 15.3. The molecule has 7 rings (SSSR count). The third kappa shape index (κ3) is 7.62. The van der Waals surface area contributed by atoms with Crippen molar-refractivity contribution in [1.29, 1.82) is 0 Å². The zero-order chi connectivity index (χ0) is 34.5. The van der Waals surface area contributed by atoms with E-state index in [9.17, 15) is 9.59 Å². The van der Waals surface area contributed by atoms with E-state index in [1.54, 1.807) is 0 Å². The van der Waals surface area contributed by atoms with E-state index < -0.39 is 0 Å². The number of rotatable bonds is 12. The van der Waals surface area contributed by atoms with Gasteiger partial charge in [-0.2, -0.15) is 0 Å². The highest BCUT2D eigenvalue weighted by Gasteiger charge is 2.46. The fourth-order valence-electron chi connectivity index (χ4n) is 7.08. The molecule has 1 N–H and O–H groups in total. The lowest BCUT2D eigenvalue weighted by Crippen LogP contribution is -2.45. The molecule has 2 aliphatic rings. The number of nitrogens with zero attached hydrogens (tertiary/aromatic N) is 2. The van der Waals surface area contributed by atoms with Gasteiger partial charge < -0.3 is 19.7 Å². The molecule has 2 fully saturated rings. The third-order valence-corrected chi connectivity index (χ3v) is 11.0. The van der Waals surface area contributed by atoms with Crippen LogP contribution in [0, 0.1) is 18.8 Å². The van der Waals surface area contributed by atoms with Gasteiger partial charge in [0, 0.05) is 30.1 Å². The van der Waals surface area contributed by atoms with Crippen LogP contribution in [-0.2, 0) is 16.1 Å². The summed E-state index contributed by atoms with van der Waals surface area (Å²) in [7, 11) is 0. The number of fused-ring (bicyclic) bond motifs is 2. The third-order valence-electron chi connectivity index (χ3n) is 9.72. The SMILES string of the molecule is C=C[C@@H](CNC(=O)COCc1ccccc1)[C@H]1CCN2C(=O)S[C@@H](c3cc(-c4ccc(Oc5ccccc5)cc4)nc4ccc(C)cc34)[C@@H]2C1. The lowest BCUT2D eigenvalue weighted by atomic mass is 9.79. The molecular formula is C42H41N3O4S. The molecule has 0 aliphatic carbocycles. The van der Waals surface area contributed by atoms with Crippen molar-refractivity contribution < 1.29 is 19.1 Å². The first-order chi connectivity index (χ1) is 24.4. The second-order valence-electron chi connectivity index (χ2n) is 13.1. The number of piperidine rings is 1. The van der Waals surface area contributed by atoms with Crippen molar-refractivity contribution in [2.24, 2.45) is 11.8 Å². The molecule has 0 radical (unpaired) electrons. The molecule has 4 aromatic carbocycles. The summed E-state index contributed by atoms with van der Waals surface area (Å²) >= 11 is 1.43. The van der Waals surface area contributed by atoms with Crippen LogP contribution >= 0.6 is 11.8 Å². The van der Waals surface area contributed by atoms with E-state index in [1.807, 2.05) is 91.0 Å². The molecule has 254 valence electrons. The van der Waals surface area contributed by atoms with Crippen molar-refractivity contribution in [1.82, 2.24) is 15.2 Å². The number of benzene rings is 4. The maximum absolute atomic E-state index is 13.5. The Balaban J connectivity index is 1.08. The number of hydrogen-bond acceptors (Lipinski definition) is 6. The van der Waals surface area contributed by atoms with Gasteiger partial charge >= 0.3 is 0 Å². The Bertz CT molecular complexity index is 1970. The molecule has 7 nitrogen and oxygen atoms in total. The molecule has 0 spiro atoms. The first kappa shape index (κ1) is 33.6. The molecule has 0 unspecified atom stereocenters. The Morgan fingerprint density at radius 3 is 2.50 bits per heavy atom. The Kier molecular flexibility index (Phi) is 10.3. The summed E-state index contributed by atoms with van der Waals surface area (Å²) in [5.74, 6) is 1.76. The van der Waals surface area contributed by atoms with Crippen LogP contribution in [0.3, 0.4) is 0 Å². The minimum Gasteiger partial charge on any atom is -0.457 e. The van der Waals surface area contributed by atoms with Gasteiger partial charge in [-0.3, -0.25) is 9.59 Å². The van der Waals surface area contributed by atoms with Gasteiger partial charge in [-0.15, -0.1) is 6.58 Å². The van der Waals surface area contributed by atoms with E-state index >= 15 is 0 Å². The number of hydrogen-bond donors (Lipinski definition) is 1. The van der Waals surface area contributed by atoms with Crippen LogP contribution in [0.1, 0.15) is 34.8 Å². The van der Waals surface area contributed by atoms with Gasteiger partial charge in [0.15, 0.2) is 0 Å². The lowest BCUT2D eigenvalue weighted by molar-refractivity contribution is -0.126. The number of amides is 2. The number of nitrogens with one attached hydrogen (secondary N) is 1. The average Bonchev–Trinajstić information content (AvgIpc) is 3.47. The van der Waals surface area contributed by atoms with E-state index in [0.717, 1.165) is 63.2 Å². The Morgan fingerprint density at radius 1 is 1.00 bits per heavy atom. The first-order valence-electron chi connectivity index (χ1n) is 17.2. The second-order valence-corrected chi connectivity index (χ2v) is 14.2. The van der Waals surface area contributed by atoms with Crippen molar-refractivity contribution in [3.8, 4) is 22.8 Å². The molecule has 50 heavy (non-hydrogen) atoms. The molecule has 4 atom stereocenters. The number of para-hydroxylation sites is 1. The van der Waals surface area contributed by atoms with Gasteiger partial charge in [0.1, 0.15) is 18.1 Å². The van der Waals surface area contributed by atoms with Crippen molar-refractivity contribution in [3.05, 3.63) is 139 Å². The largest absolute Gasteiger partial charge is 0.457 e. The summed E-state index contributed by atoms with van der Waals surface area (Å²) in [4.78, 5) is 33.3. The fraction of sp³-hybridized carbons (Fsp3) is 0.262. The average molecular weight is 684 g/mol. The van der Waals surface area contributed by atoms with Crippen LogP contribution in [0.4, 0.5) is 4.79 Å². The topological polar surface area (TPSA) is 80.8 Å². The van der Waals surface area contributed by atoms with Gasteiger partial charge in [-0.25, -0.2) is 4.98 Å². The zero-order valence-corrected chi connectivity index (χ0v) is 29.0. The number of carbonyl (C=O) groups is 2. The quantitative estimate of drug-likeness (QED) is 0.132. The number of pyridine rings is 1. The fourth-order valence-corrected chi connectivity index (χ4v) is 8.40. The molecular weight excluding hydrogens is 643 g/mol. The molecule has 5 aromatic rings.